The molecule has 4 heteroatoms. The molecule has 1 aliphatic heterocycles. The average molecular weight is 359 g/mol. The molecule has 0 bridgehead atoms. The summed E-state index contributed by atoms with van der Waals surface area (Å²) in [6.07, 6.45) is 7.18. The lowest BCUT2D eigenvalue weighted by Crippen LogP contribution is -2.49. The monoisotopic (exact) mass is 358 g/mol. The third-order valence-corrected chi connectivity index (χ3v) is 5.83. The van der Waals surface area contributed by atoms with Crippen molar-refractivity contribution in [3.8, 4) is 0 Å². The highest BCUT2D eigenvalue weighted by molar-refractivity contribution is 5.77. The fourth-order valence-electron chi connectivity index (χ4n) is 4.06. The molecule has 1 atom stereocenters. The molecule has 2 aliphatic rings. The maximum Gasteiger partial charge on any atom is 0.225 e. The van der Waals surface area contributed by atoms with Gasteiger partial charge in [-0.05, 0) is 44.7 Å². The Hall–Kier alpha value is -1.55. The average Bonchev–Trinajstić information content (AvgIpc) is 2.68. The molecule has 0 N–H and O–H groups in total. The summed E-state index contributed by atoms with van der Waals surface area (Å²) < 4.78 is 5.99. The number of carbonyl (C=O) groups excluding carboxylic acids is 1. The van der Waals surface area contributed by atoms with Gasteiger partial charge in [-0.3, -0.25) is 4.79 Å². The third-order valence-electron chi connectivity index (χ3n) is 5.83. The van der Waals surface area contributed by atoms with E-state index in [1.165, 1.54) is 43.4 Å². The van der Waals surface area contributed by atoms with Crippen LogP contribution in [-0.2, 0) is 9.53 Å². The van der Waals surface area contributed by atoms with Crippen LogP contribution in [0.25, 0.3) is 0 Å². The maximum atomic E-state index is 12.6. The second-order valence-corrected chi connectivity index (χ2v) is 8.06. The SMILES string of the molecule is Cc1ccc(N2CCN(C(=O)CC(C)OCC3CCCCC3)CC2)cc1. The zero-order valence-corrected chi connectivity index (χ0v) is 16.5. The first-order valence-electron chi connectivity index (χ1n) is 10.3. The van der Waals surface area contributed by atoms with Gasteiger partial charge >= 0.3 is 0 Å². The Morgan fingerprint density at radius 3 is 2.38 bits per heavy atom. The Bertz CT molecular complexity index is 558. The first kappa shape index (κ1) is 19.2. The molecule has 144 valence electrons. The maximum absolute atomic E-state index is 12.6. The number of carbonyl (C=O) groups is 1. The number of benzene rings is 1. The summed E-state index contributed by atoms with van der Waals surface area (Å²) in [6.45, 7) is 8.42. The van der Waals surface area contributed by atoms with E-state index >= 15 is 0 Å². The van der Waals surface area contributed by atoms with Gasteiger partial charge in [0, 0.05) is 38.5 Å². The Morgan fingerprint density at radius 2 is 1.73 bits per heavy atom. The van der Waals surface area contributed by atoms with Crippen molar-refractivity contribution in [1.29, 1.82) is 0 Å². The van der Waals surface area contributed by atoms with Crippen molar-refractivity contribution in [1.82, 2.24) is 4.90 Å². The normalized spacial score (nSPS) is 20.2. The third kappa shape index (κ3) is 5.47. The zero-order chi connectivity index (χ0) is 18.4. The molecule has 4 nitrogen and oxygen atoms in total. The molecule has 1 saturated heterocycles. The summed E-state index contributed by atoms with van der Waals surface area (Å²) >= 11 is 0. The molecule has 1 aliphatic carbocycles. The molecule has 1 heterocycles. The van der Waals surface area contributed by atoms with Crippen LogP contribution < -0.4 is 4.90 Å². The second-order valence-electron chi connectivity index (χ2n) is 8.06. The highest BCUT2D eigenvalue weighted by Gasteiger charge is 2.23. The lowest BCUT2D eigenvalue weighted by Gasteiger charge is -2.36. The van der Waals surface area contributed by atoms with Crippen LogP contribution in [-0.4, -0.2) is 49.7 Å². The molecule has 0 radical (unpaired) electrons. The molecule has 0 spiro atoms. The zero-order valence-electron chi connectivity index (χ0n) is 16.5. The van der Waals surface area contributed by atoms with Gasteiger partial charge < -0.3 is 14.5 Å². The number of piperazine rings is 1. The van der Waals surface area contributed by atoms with Crippen molar-refractivity contribution in [2.24, 2.45) is 5.92 Å². The Kier molecular flexibility index (Phi) is 6.95. The smallest absolute Gasteiger partial charge is 0.225 e. The number of nitrogens with zero attached hydrogens (tertiary/aromatic N) is 2. The molecule has 1 aromatic rings. The number of rotatable bonds is 6. The Labute approximate surface area is 158 Å². The minimum absolute atomic E-state index is 0.0274. The molecule has 1 unspecified atom stereocenters. The highest BCUT2D eigenvalue weighted by atomic mass is 16.5. The van der Waals surface area contributed by atoms with Gasteiger partial charge in [-0.2, -0.15) is 0 Å². The van der Waals surface area contributed by atoms with Crippen LogP contribution in [0.2, 0.25) is 0 Å². The van der Waals surface area contributed by atoms with E-state index in [4.69, 9.17) is 4.74 Å². The molecular formula is C22H34N2O2. The number of aryl methyl sites for hydroxylation is 1. The van der Waals surface area contributed by atoms with E-state index in [-0.39, 0.29) is 12.0 Å². The predicted octanol–water partition coefficient (Wildman–Crippen LogP) is 4.02. The van der Waals surface area contributed by atoms with Crippen LogP contribution in [0.5, 0.6) is 0 Å². The van der Waals surface area contributed by atoms with E-state index in [0.29, 0.717) is 12.3 Å². The number of ether oxygens (including phenoxy) is 1. The Morgan fingerprint density at radius 1 is 1.08 bits per heavy atom. The van der Waals surface area contributed by atoms with E-state index in [0.717, 1.165) is 32.8 Å². The molecule has 3 rings (SSSR count). The van der Waals surface area contributed by atoms with Crippen molar-refractivity contribution in [2.75, 3.05) is 37.7 Å². The minimum atomic E-state index is 0.0274. The lowest BCUT2D eigenvalue weighted by molar-refractivity contribution is -0.134. The molecule has 1 aromatic carbocycles. The van der Waals surface area contributed by atoms with Crippen molar-refractivity contribution in [3.05, 3.63) is 29.8 Å². The van der Waals surface area contributed by atoms with Crippen LogP contribution in [0.1, 0.15) is 51.0 Å². The van der Waals surface area contributed by atoms with Gasteiger partial charge in [-0.1, -0.05) is 37.0 Å². The van der Waals surface area contributed by atoms with Crippen LogP contribution in [0.15, 0.2) is 24.3 Å². The molecule has 1 amide bonds. The topological polar surface area (TPSA) is 32.8 Å². The van der Waals surface area contributed by atoms with E-state index in [1.54, 1.807) is 0 Å². The number of anilines is 1. The fraction of sp³-hybridized carbons (Fsp3) is 0.682. The van der Waals surface area contributed by atoms with Gasteiger partial charge in [0.15, 0.2) is 0 Å². The standard InChI is InChI=1S/C22H34N2O2/c1-18-8-10-21(11-9-18)23-12-14-24(15-13-23)22(25)16-19(2)26-17-20-6-4-3-5-7-20/h8-11,19-20H,3-7,12-17H2,1-2H3. The van der Waals surface area contributed by atoms with Crippen LogP contribution in [0.4, 0.5) is 5.69 Å². The number of amides is 1. The van der Waals surface area contributed by atoms with Crippen molar-refractivity contribution in [2.45, 2.75) is 58.5 Å². The summed E-state index contributed by atoms with van der Waals surface area (Å²) in [5, 5.41) is 0. The summed E-state index contributed by atoms with van der Waals surface area (Å²) in [5.74, 6) is 0.948. The summed E-state index contributed by atoms with van der Waals surface area (Å²) in [5.41, 5.74) is 2.54. The van der Waals surface area contributed by atoms with E-state index in [1.807, 2.05) is 11.8 Å². The number of hydrogen-bond donors (Lipinski definition) is 0. The fourth-order valence-corrected chi connectivity index (χ4v) is 4.06. The van der Waals surface area contributed by atoms with Crippen LogP contribution in [0, 0.1) is 12.8 Å². The molecular weight excluding hydrogens is 324 g/mol. The van der Waals surface area contributed by atoms with Crippen molar-refractivity contribution < 1.29 is 9.53 Å². The van der Waals surface area contributed by atoms with Crippen LogP contribution >= 0.6 is 0 Å². The van der Waals surface area contributed by atoms with Gasteiger partial charge in [-0.25, -0.2) is 0 Å². The molecule has 1 saturated carbocycles. The van der Waals surface area contributed by atoms with Crippen LogP contribution in [0.3, 0.4) is 0 Å². The van der Waals surface area contributed by atoms with Gasteiger partial charge in [0.1, 0.15) is 0 Å². The first-order valence-corrected chi connectivity index (χ1v) is 10.3. The summed E-state index contributed by atoms with van der Waals surface area (Å²) in [7, 11) is 0. The van der Waals surface area contributed by atoms with E-state index < -0.39 is 0 Å². The minimum Gasteiger partial charge on any atom is -0.378 e. The predicted molar refractivity (Wildman–Crippen MR) is 107 cm³/mol. The molecule has 2 fully saturated rings. The van der Waals surface area contributed by atoms with Gasteiger partial charge in [0.25, 0.3) is 0 Å². The Balaban J connectivity index is 1.38. The van der Waals surface area contributed by atoms with Crippen molar-refractivity contribution in [3.63, 3.8) is 0 Å². The summed E-state index contributed by atoms with van der Waals surface area (Å²) in [6, 6.07) is 8.65. The molecule has 0 aromatic heterocycles. The van der Waals surface area contributed by atoms with E-state index in [9.17, 15) is 4.79 Å². The lowest BCUT2D eigenvalue weighted by atomic mass is 9.90. The van der Waals surface area contributed by atoms with Crippen molar-refractivity contribution >= 4 is 11.6 Å². The second kappa shape index (κ2) is 9.40. The highest BCUT2D eigenvalue weighted by Crippen LogP contribution is 2.24. The first-order chi connectivity index (χ1) is 12.6. The molecule has 26 heavy (non-hydrogen) atoms. The summed E-state index contributed by atoms with van der Waals surface area (Å²) in [4.78, 5) is 16.9. The number of hydrogen-bond acceptors (Lipinski definition) is 3. The quantitative estimate of drug-likeness (QED) is 0.770. The largest absolute Gasteiger partial charge is 0.378 e. The van der Waals surface area contributed by atoms with Gasteiger partial charge in [-0.15, -0.1) is 0 Å². The van der Waals surface area contributed by atoms with Gasteiger partial charge in [0.2, 0.25) is 5.91 Å². The van der Waals surface area contributed by atoms with Gasteiger partial charge in [0.05, 0.1) is 12.5 Å². The van der Waals surface area contributed by atoms with E-state index in [2.05, 4.69) is 36.1 Å².